The highest BCUT2D eigenvalue weighted by Crippen LogP contribution is 2.32. The van der Waals surface area contributed by atoms with E-state index in [1.807, 2.05) is 0 Å². The summed E-state index contributed by atoms with van der Waals surface area (Å²) in [5.74, 6) is -0.684. The van der Waals surface area contributed by atoms with Crippen molar-refractivity contribution in [3.8, 4) is 0 Å². The Hall–Kier alpha value is -0.0800. The topological polar surface area (TPSA) is 34.1 Å². The Bertz CT molecular complexity index is 181. The quantitative estimate of drug-likeness (QED) is 0.654. The standard InChI is InChI=1S/C8H10Cl2O2/c9-7(11)5-3-1-2-4-6(5)8(10)12/h5-6H,1-4H2/t5-,6-/m1/s1. The summed E-state index contributed by atoms with van der Waals surface area (Å²) in [5.41, 5.74) is 0. The van der Waals surface area contributed by atoms with Crippen LogP contribution in [0.5, 0.6) is 0 Å². The fraction of sp³-hybridized carbons (Fsp3) is 0.750. The van der Waals surface area contributed by atoms with Crippen molar-refractivity contribution in [3.05, 3.63) is 0 Å². The molecule has 1 aliphatic rings. The molecule has 68 valence electrons. The van der Waals surface area contributed by atoms with Gasteiger partial charge in [0.05, 0.1) is 0 Å². The first kappa shape index (κ1) is 10.0. The molecule has 0 unspecified atom stereocenters. The van der Waals surface area contributed by atoms with E-state index in [1.165, 1.54) is 0 Å². The molecule has 0 spiro atoms. The van der Waals surface area contributed by atoms with Gasteiger partial charge in [-0.3, -0.25) is 9.59 Å². The Kier molecular flexibility index (Phi) is 3.53. The highest BCUT2D eigenvalue weighted by molar-refractivity contribution is 6.66. The molecule has 1 saturated carbocycles. The van der Waals surface area contributed by atoms with E-state index in [9.17, 15) is 9.59 Å². The van der Waals surface area contributed by atoms with Crippen LogP contribution in [-0.4, -0.2) is 10.5 Å². The predicted molar refractivity (Wildman–Crippen MR) is 47.2 cm³/mol. The fourth-order valence-electron chi connectivity index (χ4n) is 1.67. The van der Waals surface area contributed by atoms with Crippen LogP contribution in [0.25, 0.3) is 0 Å². The normalized spacial score (nSPS) is 29.8. The lowest BCUT2D eigenvalue weighted by molar-refractivity contribution is -0.125. The summed E-state index contributed by atoms with van der Waals surface area (Å²) in [6.07, 6.45) is 3.32. The van der Waals surface area contributed by atoms with Gasteiger partial charge in [-0.2, -0.15) is 0 Å². The first-order chi connectivity index (χ1) is 5.63. The molecule has 2 nitrogen and oxygen atoms in total. The van der Waals surface area contributed by atoms with Crippen LogP contribution in [0.4, 0.5) is 0 Å². The highest BCUT2D eigenvalue weighted by atomic mass is 35.5. The molecule has 12 heavy (non-hydrogen) atoms. The van der Waals surface area contributed by atoms with Crippen molar-refractivity contribution in [2.75, 3.05) is 0 Å². The summed E-state index contributed by atoms with van der Waals surface area (Å²) in [4.78, 5) is 21.7. The molecule has 0 aromatic carbocycles. The van der Waals surface area contributed by atoms with E-state index < -0.39 is 10.5 Å². The summed E-state index contributed by atoms with van der Waals surface area (Å²) in [5, 5.41) is -0.845. The first-order valence-electron chi connectivity index (χ1n) is 4.01. The maximum Gasteiger partial charge on any atom is 0.225 e. The molecule has 0 bridgehead atoms. The lowest BCUT2D eigenvalue weighted by Crippen LogP contribution is -2.28. The van der Waals surface area contributed by atoms with Crippen LogP contribution in [-0.2, 0) is 9.59 Å². The van der Waals surface area contributed by atoms with Crippen molar-refractivity contribution in [2.24, 2.45) is 11.8 Å². The van der Waals surface area contributed by atoms with Gasteiger partial charge in [0.1, 0.15) is 0 Å². The van der Waals surface area contributed by atoms with Crippen LogP contribution in [0.2, 0.25) is 0 Å². The van der Waals surface area contributed by atoms with Gasteiger partial charge in [-0.05, 0) is 36.0 Å². The molecule has 1 rings (SSSR count). The van der Waals surface area contributed by atoms with E-state index in [-0.39, 0.29) is 11.8 Å². The molecule has 0 aromatic rings. The summed E-state index contributed by atoms with van der Waals surface area (Å²) in [6, 6.07) is 0. The van der Waals surface area contributed by atoms with Crippen LogP contribution in [0.15, 0.2) is 0 Å². The predicted octanol–water partition coefficient (Wildman–Crippen LogP) is 2.32. The van der Waals surface area contributed by atoms with E-state index in [4.69, 9.17) is 23.2 Å². The average molecular weight is 209 g/mol. The molecule has 1 fully saturated rings. The second-order valence-corrected chi connectivity index (χ2v) is 3.85. The number of carbonyl (C=O) groups is 2. The van der Waals surface area contributed by atoms with Gasteiger partial charge in [0.25, 0.3) is 0 Å². The molecule has 0 radical (unpaired) electrons. The maximum atomic E-state index is 10.9. The van der Waals surface area contributed by atoms with Gasteiger partial charge >= 0.3 is 0 Å². The van der Waals surface area contributed by atoms with Crippen molar-refractivity contribution < 1.29 is 9.59 Å². The van der Waals surface area contributed by atoms with Gasteiger partial charge in [-0.1, -0.05) is 12.8 Å². The minimum absolute atomic E-state index is 0.342. The SMILES string of the molecule is O=C(Cl)[C@@H]1CCCC[C@H]1C(=O)Cl. The van der Waals surface area contributed by atoms with Gasteiger partial charge in [-0.25, -0.2) is 0 Å². The fourth-order valence-corrected chi connectivity index (χ4v) is 2.20. The molecular formula is C8H10Cl2O2. The van der Waals surface area contributed by atoms with Crippen LogP contribution < -0.4 is 0 Å². The molecular weight excluding hydrogens is 199 g/mol. The molecule has 0 aromatic heterocycles. The average Bonchev–Trinajstić information content (AvgIpc) is 2.04. The van der Waals surface area contributed by atoms with Gasteiger partial charge < -0.3 is 0 Å². The van der Waals surface area contributed by atoms with Gasteiger partial charge in [0.2, 0.25) is 10.5 Å². The summed E-state index contributed by atoms with van der Waals surface area (Å²) in [6.45, 7) is 0. The smallest absolute Gasteiger partial charge is 0.225 e. The molecule has 0 aliphatic heterocycles. The molecule has 0 heterocycles. The number of carbonyl (C=O) groups excluding carboxylic acids is 2. The monoisotopic (exact) mass is 208 g/mol. The van der Waals surface area contributed by atoms with Crippen molar-refractivity contribution in [1.29, 1.82) is 0 Å². The summed E-state index contributed by atoms with van der Waals surface area (Å²) >= 11 is 10.7. The van der Waals surface area contributed by atoms with E-state index in [0.717, 1.165) is 12.8 Å². The zero-order chi connectivity index (χ0) is 9.14. The van der Waals surface area contributed by atoms with E-state index in [1.54, 1.807) is 0 Å². The zero-order valence-electron chi connectivity index (χ0n) is 6.56. The highest BCUT2D eigenvalue weighted by Gasteiger charge is 2.33. The van der Waals surface area contributed by atoms with Crippen LogP contribution in [0.1, 0.15) is 25.7 Å². The van der Waals surface area contributed by atoms with Crippen molar-refractivity contribution in [3.63, 3.8) is 0 Å². The lowest BCUT2D eigenvalue weighted by Gasteiger charge is -2.25. The Balaban J connectivity index is 2.67. The minimum Gasteiger partial charge on any atom is -0.281 e. The largest absolute Gasteiger partial charge is 0.281 e. The Labute approximate surface area is 81.2 Å². The van der Waals surface area contributed by atoms with Crippen molar-refractivity contribution >= 4 is 33.7 Å². The molecule has 4 heteroatoms. The van der Waals surface area contributed by atoms with E-state index >= 15 is 0 Å². The van der Waals surface area contributed by atoms with E-state index in [2.05, 4.69) is 0 Å². The summed E-state index contributed by atoms with van der Waals surface area (Å²) < 4.78 is 0. The van der Waals surface area contributed by atoms with Crippen LogP contribution >= 0.6 is 23.2 Å². The third kappa shape index (κ3) is 2.20. The Morgan fingerprint density at radius 3 is 1.50 bits per heavy atom. The number of halogens is 2. The van der Waals surface area contributed by atoms with Crippen molar-refractivity contribution in [2.45, 2.75) is 25.7 Å². The van der Waals surface area contributed by atoms with E-state index in [0.29, 0.717) is 12.8 Å². The molecule has 0 N–H and O–H groups in total. The Morgan fingerprint density at radius 2 is 1.25 bits per heavy atom. The second-order valence-electron chi connectivity index (χ2n) is 3.11. The third-order valence-corrected chi connectivity index (χ3v) is 2.91. The minimum atomic E-state index is -0.422. The summed E-state index contributed by atoms with van der Waals surface area (Å²) in [7, 11) is 0. The molecule has 1 aliphatic carbocycles. The molecule has 0 amide bonds. The zero-order valence-corrected chi connectivity index (χ0v) is 8.07. The second kappa shape index (κ2) is 4.24. The number of rotatable bonds is 2. The third-order valence-electron chi connectivity index (χ3n) is 2.35. The van der Waals surface area contributed by atoms with Gasteiger partial charge in [-0.15, -0.1) is 0 Å². The van der Waals surface area contributed by atoms with Gasteiger partial charge in [0.15, 0.2) is 0 Å². The van der Waals surface area contributed by atoms with Crippen molar-refractivity contribution in [1.82, 2.24) is 0 Å². The number of hydrogen-bond acceptors (Lipinski definition) is 2. The lowest BCUT2D eigenvalue weighted by atomic mass is 9.81. The molecule has 2 atom stereocenters. The van der Waals surface area contributed by atoms with Gasteiger partial charge in [0, 0.05) is 11.8 Å². The Morgan fingerprint density at radius 1 is 0.917 bits per heavy atom. The first-order valence-corrected chi connectivity index (χ1v) is 4.77. The molecule has 0 saturated heterocycles. The maximum absolute atomic E-state index is 10.9. The van der Waals surface area contributed by atoms with Crippen LogP contribution in [0.3, 0.4) is 0 Å². The number of hydrogen-bond donors (Lipinski definition) is 0. The van der Waals surface area contributed by atoms with Crippen LogP contribution in [0, 0.1) is 11.8 Å².